The van der Waals surface area contributed by atoms with Gasteiger partial charge < -0.3 is 9.72 Å². The van der Waals surface area contributed by atoms with Crippen LogP contribution in [0.25, 0.3) is 11.0 Å². The topological polar surface area (TPSA) is 63.7 Å². The zero-order valence-electron chi connectivity index (χ0n) is 16.3. The second-order valence-corrected chi connectivity index (χ2v) is 7.71. The Morgan fingerprint density at radius 3 is 2.83 bits per heavy atom. The molecule has 0 unspecified atom stereocenters. The Labute approximate surface area is 170 Å². The molecule has 1 saturated carbocycles. The number of aromatic amines is 1. The molecule has 4 aromatic heterocycles. The van der Waals surface area contributed by atoms with Gasteiger partial charge >= 0.3 is 0 Å². The predicted molar refractivity (Wildman–Crippen MR) is 112 cm³/mol. The number of fused-ring (bicyclic) bond motifs is 1. The predicted octanol–water partition coefficient (Wildman–Crippen LogP) is 4.66. The Morgan fingerprint density at radius 1 is 1.03 bits per heavy atom. The highest BCUT2D eigenvalue weighted by Crippen LogP contribution is 2.23. The highest BCUT2D eigenvalue weighted by atomic mass is 16.5. The van der Waals surface area contributed by atoms with Crippen LogP contribution in [0.15, 0.2) is 55.1 Å². The third-order valence-electron chi connectivity index (χ3n) is 5.51. The van der Waals surface area contributed by atoms with Crippen LogP contribution in [0.3, 0.4) is 0 Å². The van der Waals surface area contributed by atoms with Crippen LogP contribution in [0.1, 0.15) is 47.9 Å². The number of aromatic nitrogens is 4. The fourth-order valence-corrected chi connectivity index (χ4v) is 4.04. The van der Waals surface area contributed by atoms with E-state index in [1.54, 1.807) is 6.20 Å². The average molecular weight is 383 g/mol. The van der Waals surface area contributed by atoms with E-state index in [1.807, 2.05) is 30.7 Å². The standard InChI is InChI=1S/C24H23N4O/c1-2-5-21(4-1)29-23-8-7-17(15-27-23)10-18-11-19(14-25-13-18)12-20-16-28-24-22(20)6-3-9-26-24/h3,6-9,11,14-16,21H,1-2,4-5,10,12H2,(H,26,28). The number of hydrogen-bond acceptors (Lipinski definition) is 4. The SMILES string of the molecule is [c]1ncc(Cc2c[nH]c3ncccc23)cc1Cc1ccc(OC2CCCC2)nc1. The molecule has 0 aromatic carbocycles. The lowest BCUT2D eigenvalue weighted by Gasteiger charge is -2.12. The van der Waals surface area contributed by atoms with Crippen molar-refractivity contribution in [2.75, 3.05) is 0 Å². The van der Waals surface area contributed by atoms with Gasteiger partial charge in [0.1, 0.15) is 11.8 Å². The minimum absolute atomic E-state index is 0.335. The van der Waals surface area contributed by atoms with E-state index < -0.39 is 0 Å². The molecule has 4 heterocycles. The lowest BCUT2D eigenvalue weighted by molar-refractivity contribution is 0.201. The van der Waals surface area contributed by atoms with E-state index in [4.69, 9.17) is 4.74 Å². The van der Waals surface area contributed by atoms with Gasteiger partial charge in [-0.05, 0) is 60.1 Å². The van der Waals surface area contributed by atoms with Gasteiger partial charge in [0, 0.05) is 49.1 Å². The van der Waals surface area contributed by atoms with E-state index in [9.17, 15) is 0 Å². The molecule has 4 aromatic rings. The number of pyridine rings is 3. The maximum atomic E-state index is 5.95. The van der Waals surface area contributed by atoms with Gasteiger partial charge in [-0.25, -0.2) is 9.97 Å². The van der Waals surface area contributed by atoms with E-state index >= 15 is 0 Å². The molecule has 5 rings (SSSR count). The van der Waals surface area contributed by atoms with Crippen molar-refractivity contribution in [3.8, 4) is 5.88 Å². The van der Waals surface area contributed by atoms with Crippen molar-refractivity contribution in [3.05, 3.63) is 83.6 Å². The molecule has 0 aliphatic heterocycles. The third kappa shape index (κ3) is 4.14. The lowest BCUT2D eigenvalue weighted by atomic mass is 10.0. The Balaban J connectivity index is 1.27. The van der Waals surface area contributed by atoms with Gasteiger partial charge in [-0.3, -0.25) is 4.98 Å². The molecule has 1 radical (unpaired) electrons. The molecule has 1 aliphatic carbocycles. The normalized spacial score (nSPS) is 14.5. The fraction of sp³-hybridized carbons (Fsp3) is 0.292. The molecular weight excluding hydrogens is 360 g/mol. The Morgan fingerprint density at radius 2 is 1.97 bits per heavy atom. The third-order valence-corrected chi connectivity index (χ3v) is 5.51. The Hall–Kier alpha value is -3.21. The van der Waals surface area contributed by atoms with Crippen molar-refractivity contribution in [2.24, 2.45) is 0 Å². The zero-order chi connectivity index (χ0) is 19.5. The van der Waals surface area contributed by atoms with Gasteiger partial charge in [-0.2, -0.15) is 0 Å². The number of nitrogens with one attached hydrogen (secondary N) is 1. The van der Waals surface area contributed by atoms with Gasteiger partial charge in [-0.15, -0.1) is 0 Å². The smallest absolute Gasteiger partial charge is 0.213 e. The van der Waals surface area contributed by atoms with E-state index in [-0.39, 0.29) is 0 Å². The molecule has 5 heteroatoms. The minimum atomic E-state index is 0.335. The highest BCUT2D eigenvalue weighted by Gasteiger charge is 2.16. The van der Waals surface area contributed by atoms with Crippen LogP contribution in [0.4, 0.5) is 0 Å². The molecule has 0 bridgehead atoms. The monoisotopic (exact) mass is 383 g/mol. The molecule has 0 saturated heterocycles. The fourth-order valence-electron chi connectivity index (χ4n) is 4.04. The number of hydrogen-bond donors (Lipinski definition) is 1. The van der Waals surface area contributed by atoms with Crippen molar-refractivity contribution in [2.45, 2.75) is 44.6 Å². The maximum Gasteiger partial charge on any atom is 0.213 e. The van der Waals surface area contributed by atoms with Crippen LogP contribution < -0.4 is 4.74 Å². The molecule has 0 amide bonds. The first-order valence-electron chi connectivity index (χ1n) is 10.2. The summed E-state index contributed by atoms with van der Waals surface area (Å²) in [6.45, 7) is 0. The molecule has 145 valence electrons. The summed E-state index contributed by atoms with van der Waals surface area (Å²) >= 11 is 0. The second kappa shape index (κ2) is 8.03. The average Bonchev–Trinajstić information content (AvgIpc) is 3.40. The molecule has 1 fully saturated rings. The van der Waals surface area contributed by atoms with Crippen LogP contribution in [0.5, 0.6) is 5.88 Å². The van der Waals surface area contributed by atoms with Crippen molar-refractivity contribution in [1.29, 1.82) is 0 Å². The van der Waals surface area contributed by atoms with E-state index in [1.165, 1.54) is 18.4 Å². The molecule has 1 N–H and O–H groups in total. The van der Waals surface area contributed by atoms with Gasteiger partial charge in [0.05, 0.1) is 6.20 Å². The molecule has 29 heavy (non-hydrogen) atoms. The second-order valence-electron chi connectivity index (χ2n) is 7.71. The highest BCUT2D eigenvalue weighted by molar-refractivity contribution is 5.79. The van der Waals surface area contributed by atoms with Crippen LogP contribution >= 0.6 is 0 Å². The first-order chi connectivity index (χ1) is 14.3. The van der Waals surface area contributed by atoms with Crippen LogP contribution in [0, 0.1) is 6.20 Å². The molecule has 5 nitrogen and oxygen atoms in total. The van der Waals surface area contributed by atoms with Crippen molar-refractivity contribution >= 4 is 11.0 Å². The van der Waals surface area contributed by atoms with E-state index in [0.29, 0.717) is 6.10 Å². The zero-order valence-corrected chi connectivity index (χ0v) is 16.3. The van der Waals surface area contributed by atoms with Gasteiger partial charge in [-0.1, -0.05) is 12.1 Å². The largest absolute Gasteiger partial charge is 0.474 e. The first-order valence-corrected chi connectivity index (χ1v) is 10.2. The molecule has 1 aliphatic rings. The van der Waals surface area contributed by atoms with Crippen LogP contribution in [-0.4, -0.2) is 26.0 Å². The Kier molecular flexibility index (Phi) is 4.95. The van der Waals surface area contributed by atoms with Gasteiger partial charge in [0.15, 0.2) is 0 Å². The van der Waals surface area contributed by atoms with Gasteiger partial charge in [0.2, 0.25) is 5.88 Å². The molecule has 0 atom stereocenters. The summed E-state index contributed by atoms with van der Waals surface area (Å²) in [6.07, 6.45) is 17.4. The summed E-state index contributed by atoms with van der Waals surface area (Å²) in [5.41, 5.74) is 5.51. The Bertz CT molecular complexity index is 1100. The summed E-state index contributed by atoms with van der Waals surface area (Å²) in [6, 6.07) is 10.3. The summed E-state index contributed by atoms with van der Waals surface area (Å²) in [5, 5.41) is 1.16. The van der Waals surface area contributed by atoms with Crippen molar-refractivity contribution in [1.82, 2.24) is 19.9 Å². The lowest BCUT2D eigenvalue weighted by Crippen LogP contribution is -2.11. The quantitative estimate of drug-likeness (QED) is 0.526. The summed E-state index contributed by atoms with van der Waals surface area (Å²) in [5.74, 6) is 0.726. The van der Waals surface area contributed by atoms with E-state index in [2.05, 4.69) is 44.3 Å². The number of ether oxygens (including phenoxy) is 1. The summed E-state index contributed by atoms with van der Waals surface area (Å²) in [4.78, 5) is 16.4. The van der Waals surface area contributed by atoms with Crippen LogP contribution in [-0.2, 0) is 12.8 Å². The molecular formula is C24H23N4O. The summed E-state index contributed by atoms with van der Waals surface area (Å²) < 4.78 is 5.95. The number of rotatable bonds is 6. The van der Waals surface area contributed by atoms with Gasteiger partial charge in [0.25, 0.3) is 0 Å². The number of H-pyrrole nitrogens is 1. The van der Waals surface area contributed by atoms with Crippen molar-refractivity contribution < 1.29 is 4.74 Å². The van der Waals surface area contributed by atoms with Crippen molar-refractivity contribution in [3.63, 3.8) is 0 Å². The number of nitrogens with zero attached hydrogens (tertiary/aromatic N) is 3. The minimum Gasteiger partial charge on any atom is -0.474 e. The summed E-state index contributed by atoms with van der Waals surface area (Å²) in [7, 11) is 0. The maximum absolute atomic E-state index is 5.95. The van der Waals surface area contributed by atoms with E-state index in [0.717, 1.165) is 59.3 Å². The molecule has 0 spiro atoms. The van der Waals surface area contributed by atoms with Crippen LogP contribution in [0.2, 0.25) is 0 Å². The first kappa shape index (κ1) is 17.9.